The molecule has 1 unspecified atom stereocenters. The minimum absolute atomic E-state index is 0.0916. The van der Waals surface area contributed by atoms with Crippen LogP contribution >= 0.6 is 0 Å². The molecular weight excluding hydrogens is 224 g/mol. The molecule has 2 heterocycles. The highest BCUT2D eigenvalue weighted by Crippen LogP contribution is 2.39. The van der Waals surface area contributed by atoms with Gasteiger partial charge in [-0.2, -0.15) is 0 Å². The van der Waals surface area contributed by atoms with E-state index in [0.29, 0.717) is 0 Å². The summed E-state index contributed by atoms with van der Waals surface area (Å²) in [6.45, 7) is 3.04. The molecule has 1 atom stereocenters. The van der Waals surface area contributed by atoms with Crippen LogP contribution in [0.4, 0.5) is 10.5 Å². The van der Waals surface area contributed by atoms with Crippen molar-refractivity contribution >= 4 is 11.7 Å². The van der Waals surface area contributed by atoms with Gasteiger partial charge in [-0.05, 0) is 24.0 Å². The lowest BCUT2D eigenvalue weighted by Gasteiger charge is -2.32. The quantitative estimate of drug-likeness (QED) is 0.809. The maximum atomic E-state index is 12.1. The van der Waals surface area contributed by atoms with E-state index in [9.17, 15) is 4.79 Å². The summed E-state index contributed by atoms with van der Waals surface area (Å²) in [5.74, 6) is 0. The molecule has 0 aromatic heterocycles. The van der Waals surface area contributed by atoms with Gasteiger partial charge in [-0.25, -0.2) is 4.79 Å². The second-order valence-electron chi connectivity index (χ2n) is 5.25. The van der Waals surface area contributed by atoms with Crippen molar-refractivity contribution in [2.45, 2.75) is 45.1 Å². The number of amides is 2. The number of para-hydroxylation sites is 1. The third-order valence-electron chi connectivity index (χ3n) is 4.04. The lowest BCUT2D eigenvalue weighted by Crippen LogP contribution is -2.45. The van der Waals surface area contributed by atoms with Crippen LogP contribution < -0.4 is 10.2 Å². The largest absolute Gasteiger partial charge is 0.331 e. The Bertz CT molecular complexity index is 470. The van der Waals surface area contributed by atoms with E-state index in [1.54, 1.807) is 0 Å². The fraction of sp³-hybridized carbons (Fsp3) is 0.533. The van der Waals surface area contributed by atoms with E-state index < -0.39 is 0 Å². The summed E-state index contributed by atoms with van der Waals surface area (Å²) in [5, 5.41) is 3.15. The summed E-state index contributed by atoms with van der Waals surface area (Å²) < 4.78 is 0. The summed E-state index contributed by atoms with van der Waals surface area (Å²) >= 11 is 0. The average Bonchev–Trinajstić information content (AvgIpc) is 2.81. The maximum Gasteiger partial charge on any atom is 0.322 e. The Morgan fingerprint density at radius 1 is 1.39 bits per heavy atom. The molecule has 96 valence electrons. The summed E-state index contributed by atoms with van der Waals surface area (Å²) in [4.78, 5) is 14.0. The van der Waals surface area contributed by atoms with E-state index in [4.69, 9.17) is 0 Å². The van der Waals surface area contributed by atoms with Crippen LogP contribution in [0.15, 0.2) is 18.2 Å². The van der Waals surface area contributed by atoms with Crippen molar-refractivity contribution in [1.82, 2.24) is 5.32 Å². The number of carbonyl (C=O) groups excluding carboxylic acids is 1. The second-order valence-corrected chi connectivity index (χ2v) is 5.25. The minimum Gasteiger partial charge on any atom is -0.331 e. The number of nitrogens with zero attached hydrogens (tertiary/aromatic N) is 1. The summed E-state index contributed by atoms with van der Waals surface area (Å²) in [5.41, 5.74) is 3.85. The Labute approximate surface area is 108 Å². The molecule has 0 spiro atoms. The number of hydrogen-bond donors (Lipinski definition) is 1. The Hall–Kier alpha value is -1.51. The van der Waals surface area contributed by atoms with Crippen molar-refractivity contribution in [1.29, 1.82) is 0 Å². The standard InChI is InChI=1S/C15H20N2O/c1-2-3-4-8-13-12-7-5-6-11-9-10-17(14(11)12)15(18)16-13/h5-7,13H,2-4,8-10H2,1H3,(H,16,18). The molecule has 0 fully saturated rings. The first-order valence-corrected chi connectivity index (χ1v) is 7.01. The molecule has 3 heteroatoms. The van der Waals surface area contributed by atoms with E-state index in [2.05, 4.69) is 30.4 Å². The Morgan fingerprint density at radius 2 is 2.28 bits per heavy atom. The third kappa shape index (κ3) is 1.78. The Morgan fingerprint density at radius 3 is 3.11 bits per heavy atom. The van der Waals surface area contributed by atoms with E-state index in [1.807, 2.05) is 4.90 Å². The highest BCUT2D eigenvalue weighted by molar-refractivity contribution is 5.97. The highest BCUT2D eigenvalue weighted by atomic mass is 16.2. The smallest absolute Gasteiger partial charge is 0.322 e. The predicted octanol–water partition coefficient (Wildman–Crippen LogP) is 3.39. The van der Waals surface area contributed by atoms with E-state index >= 15 is 0 Å². The van der Waals surface area contributed by atoms with Gasteiger partial charge in [0.2, 0.25) is 0 Å². The number of anilines is 1. The first-order chi connectivity index (χ1) is 8.81. The number of urea groups is 1. The zero-order valence-corrected chi connectivity index (χ0v) is 10.9. The van der Waals surface area contributed by atoms with Crippen LogP contribution in [0, 0.1) is 0 Å². The molecule has 0 saturated heterocycles. The van der Waals surface area contributed by atoms with Gasteiger partial charge in [-0.3, -0.25) is 4.90 Å². The number of benzene rings is 1. The highest BCUT2D eigenvalue weighted by Gasteiger charge is 2.34. The van der Waals surface area contributed by atoms with Crippen molar-refractivity contribution < 1.29 is 4.79 Å². The predicted molar refractivity (Wildman–Crippen MR) is 72.9 cm³/mol. The van der Waals surface area contributed by atoms with Crippen molar-refractivity contribution in [3.63, 3.8) is 0 Å². The van der Waals surface area contributed by atoms with Crippen molar-refractivity contribution in [3.8, 4) is 0 Å². The molecule has 3 rings (SSSR count). The first-order valence-electron chi connectivity index (χ1n) is 7.01. The van der Waals surface area contributed by atoms with Crippen molar-refractivity contribution in [3.05, 3.63) is 29.3 Å². The van der Waals surface area contributed by atoms with Gasteiger partial charge in [-0.15, -0.1) is 0 Å². The van der Waals surface area contributed by atoms with E-state index in [1.165, 1.54) is 36.1 Å². The van der Waals surface area contributed by atoms with Crippen LogP contribution in [0.5, 0.6) is 0 Å². The zero-order chi connectivity index (χ0) is 12.5. The molecule has 2 aliphatic rings. The van der Waals surface area contributed by atoms with Gasteiger partial charge in [-0.1, -0.05) is 44.4 Å². The fourth-order valence-corrected chi connectivity index (χ4v) is 3.10. The number of nitrogens with one attached hydrogen (secondary N) is 1. The van der Waals surface area contributed by atoms with Crippen LogP contribution in [-0.2, 0) is 6.42 Å². The van der Waals surface area contributed by atoms with Gasteiger partial charge in [0, 0.05) is 6.54 Å². The molecule has 1 aromatic rings. The molecule has 1 N–H and O–H groups in total. The van der Waals surface area contributed by atoms with Gasteiger partial charge in [0.25, 0.3) is 0 Å². The van der Waals surface area contributed by atoms with Gasteiger partial charge in [0.1, 0.15) is 0 Å². The molecule has 0 bridgehead atoms. The number of carbonyl (C=O) groups is 1. The van der Waals surface area contributed by atoms with Gasteiger partial charge in [0.05, 0.1) is 11.7 Å². The molecule has 0 aliphatic carbocycles. The maximum absolute atomic E-state index is 12.1. The van der Waals surface area contributed by atoms with Crippen LogP contribution in [0.25, 0.3) is 0 Å². The molecule has 2 aliphatic heterocycles. The molecule has 1 aromatic carbocycles. The monoisotopic (exact) mass is 244 g/mol. The third-order valence-corrected chi connectivity index (χ3v) is 4.04. The van der Waals surface area contributed by atoms with Gasteiger partial charge in [0.15, 0.2) is 0 Å². The lowest BCUT2D eigenvalue weighted by molar-refractivity contribution is 0.240. The number of unbranched alkanes of at least 4 members (excludes halogenated alkanes) is 2. The Balaban J connectivity index is 1.89. The van der Waals surface area contributed by atoms with E-state index in [-0.39, 0.29) is 12.1 Å². The van der Waals surface area contributed by atoms with Crippen LogP contribution in [0.3, 0.4) is 0 Å². The Kier molecular flexibility index (Phi) is 2.98. The lowest BCUT2D eigenvalue weighted by atomic mass is 9.95. The normalized spacial score (nSPS) is 20.8. The van der Waals surface area contributed by atoms with Crippen molar-refractivity contribution in [2.75, 3.05) is 11.4 Å². The number of rotatable bonds is 4. The van der Waals surface area contributed by atoms with Gasteiger partial charge >= 0.3 is 6.03 Å². The summed E-state index contributed by atoms with van der Waals surface area (Å²) in [6, 6.07) is 6.76. The number of hydrogen-bond acceptors (Lipinski definition) is 1. The van der Waals surface area contributed by atoms with Gasteiger partial charge < -0.3 is 5.32 Å². The SMILES string of the molecule is CCCCCC1NC(=O)N2CCc3cccc1c32. The van der Waals surface area contributed by atoms with Crippen LogP contribution in [0.1, 0.15) is 49.8 Å². The molecule has 18 heavy (non-hydrogen) atoms. The fourth-order valence-electron chi connectivity index (χ4n) is 3.10. The summed E-state index contributed by atoms with van der Waals surface area (Å²) in [7, 11) is 0. The summed E-state index contributed by atoms with van der Waals surface area (Å²) in [6.07, 6.45) is 5.71. The van der Waals surface area contributed by atoms with Crippen molar-refractivity contribution in [2.24, 2.45) is 0 Å². The molecule has 3 nitrogen and oxygen atoms in total. The second kappa shape index (κ2) is 4.63. The average molecular weight is 244 g/mol. The van der Waals surface area contributed by atoms with E-state index in [0.717, 1.165) is 19.4 Å². The minimum atomic E-state index is 0.0916. The molecular formula is C15H20N2O. The first kappa shape index (κ1) is 11.6. The zero-order valence-electron chi connectivity index (χ0n) is 10.9. The molecule has 0 radical (unpaired) electrons. The molecule has 2 amide bonds. The van der Waals surface area contributed by atoms with Crippen LogP contribution in [0.2, 0.25) is 0 Å². The topological polar surface area (TPSA) is 32.3 Å². The van der Waals surface area contributed by atoms with Crippen LogP contribution in [-0.4, -0.2) is 12.6 Å². The molecule has 0 saturated carbocycles.